The van der Waals surface area contributed by atoms with Gasteiger partial charge < -0.3 is 15.3 Å². The second-order valence-corrected chi connectivity index (χ2v) is 7.55. The van der Waals surface area contributed by atoms with E-state index in [0.717, 1.165) is 30.9 Å². The maximum Gasteiger partial charge on any atom is 0.407 e. The van der Waals surface area contributed by atoms with Gasteiger partial charge in [0.25, 0.3) is 5.78 Å². The highest BCUT2D eigenvalue weighted by Gasteiger charge is 2.46. The Morgan fingerprint density at radius 1 is 1.40 bits per heavy atom. The Labute approximate surface area is 146 Å². The van der Waals surface area contributed by atoms with Crippen LogP contribution in [0.4, 0.5) is 10.6 Å². The fourth-order valence-corrected chi connectivity index (χ4v) is 4.19. The first-order valence-corrected chi connectivity index (χ1v) is 8.90. The number of likely N-dealkylation sites (tertiary alicyclic amines) is 1. The van der Waals surface area contributed by atoms with Crippen LogP contribution < -0.4 is 5.32 Å². The zero-order chi connectivity index (χ0) is 17.7. The predicted molar refractivity (Wildman–Crippen MR) is 92.8 cm³/mol. The van der Waals surface area contributed by atoms with Crippen LogP contribution in [0.15, 0.2) is 6.07 Å². The molecule has 0 radical (unpaired) electrons. The number of piperidine rings is 1. The number of hydrogen-bond acceptors (Lipinski definition) is 5. The highest BCUT2D eigenvalue weighted by molar-refractivity contribution is 5.66. The molecular formula is C17H24N6O2. The van der Waals surface area contributed by atoms with Crippen LogP contribution in [-0.2, 0) is 0 Å². The molecule has 1 amide bonds. The van der Waals surface area contributed by atoms with Crippen molar-refractivity contribution in [2.24, 2.45) is 11.8 Å². The minimum Gasteiger partial charge on any atom is -0.465 e. The topological polar surface area (TPSA) is 95.7 Å². The number of hydrogen-bond donors (Lipinski definition) is 2. The van der Waals surface area contributed by atoms with Crippen molar-refractivity contribution in [3.63, 3.8) is 0 Å². The first-order valence-electron chi connectivity index (χ1n) is 8.90. The zero-order valence-corrected chi connectivity index (χ0v) is 14.8. The molecule has 2 fully saturated rings. The molecule has 2 aromatic heterocycles. The summed E-state index contributed by atoms with van der Waals surface area (Å²) in [5, 5.41) is 17.2. The average Bonchev–Trinajstić information content (AvgIpc) is 3.24. The van der Waals surface area contributed by atoms with Gasteiger partial charge in [-0.15, -0.1) is 5.10 Å². The Morgan fingerprint density at radius 2 is 2.20 bits per heavy atom. The first-order chi connectivity index (χ1) is 11.9. The molecule has 134 valence electrons. The number of aryl methyl sites for hydroxylation is 1. The van der Waals surface area contributed by atoms with E-state index in [1.807, 2.05) is 13.0 Å². The molecule has 2 aliphatic rings. The third-order valence-corrected chi connectivity index (χ3v) is 5.51. The smallest absolute Gasteiger partial charge is 0.407 e. The molecule has 1 saturated carbocycles. The standard InChI is InChI=1S/C17H24N6O2/c1-9(2)14-6-15(23-16(20-14)19-10(3)21-23)18-7-11-4-13-5-12(11)8-22(13)17(24)25/h6,9,11-13,18H,4-5,7-8H2,1-3H3,(H,24,25). The number of fused-ring (bicyclic) bond motifs is 3. The number of carboxylic acid groups (broad SMARTS) is 1. The predicted octanol–water partition coefficient (Wildman–Crippen LogP) is 2.36. The van der Waals surface area contributed by atoms with E-state index in [-0.39, 0.29) is 6.04 Å². The molecule has 0 aromatic carbocycles. The molecule has 8 nitrogen and oxygen atoms in total. The molecule has 4 rings (SSSR count). The first kappa shape index (κ1) is 16.1. The van der Waals surface area contributed by atoms with Crippen LogP contribution in [0.5, 0.6) is 0 Å². The lowest BCUT2D eigenvalue weighted by atomic mass is 9.94. The second-order valence-electron chi connectivity index (χ2n) is 7.55. The van der Waals surface area contributed by atoms with Gasteiger partial charge in [0.15, 0.2) is 0 Å². The lowest BCUT2D eigenvalue weighted by Crippen LogP contribution is -2.40. The average molecular weight is 344 g/mol. The molecule has 25 heavy (non-hydrogen) atoms. The lowest BCUT2D eigenvalue weighted by molar-refractivity contribution is 0.121. The van der Waals surface area contributed by atoms with Crippen molar-refractivity contribution in [1.82, 2.24) is 24.5 Å². The summed E-state index contributed by atoms with van der Waals surface area (Å²) in [7, 11) is 0. The highest BCUT2D eigenvalue weighted by Crippen LogP contribution is 2.42. The summed E-state index contributed by atoms with van der Waals surface area (Å²) in [5.41, 5.74) is 0.993. The number of carbonyl (C=O) groups is 1. The summed E-state index contributed by atoms with van der Waals surface area (Å²) in [6.45, 7) is 7.58. The third kappa shape index (κ3) is 2.79. The third-order valence-electron chi connectivity index (χ3n) is 5.51. The van der Waals surface area contributed by atoms with Gasteiger partial charge in [0, 0.05) is 25.2 Å². The van der Waals surface area contributed by atoms with Gasteiger partial charge in [-0.2, -0.15) is 9.50 Å². The van der Waals surface area contributed by atoms with Gasteiger partial charge in [0.05, 0.1) is 5.69 Å². The minimum absolute atomic E-state index is 0.187. The maximum absolute atomic E-state index is 11.2. The number of nitrogens with zero attached hydrogens (tertiary/aromatic N) is 5. The van der Waals surface area contributed by atoms with E-state index in [9.17, 15) is 9.90 Å². The highest BCUT2D eigenvalue weighted by atomic mass is 16.4. The van der Waals surface area contributed by atoms with E-state index in [1.54, 1.807) is 9.42 Å². The molecule has 1 aliphatic heterocycles. The van der Waals surface area contributed by atoms with E-state index in [2.05, 4.69) is 34.2 Å². The monoisotopic (exact) mass is 344 g/mol. The molecule has 2 N–H and O–H groups in total. The van der Waals surface area contributed by atoms with Crippen molar-refractivity contribution < 1.29 is 9.90 Å². The largest absolute Gasteiger partial charge is 0.465 e. The van der Waals surface area contributed by atoms with Crippen molar-refractivity contribution in [1.29, 1.82) is 0 Å². The van der Waals surface area contributed by atoms with Crippen LogP contribution in [0.2, 0.25) is 0 Å². The number of aromatic nitrogens is 4. The molecule has 3 atom stereocenters. The normalized spacial score (nSPS) is 25.3. The van der Waals surface area contributed by atoms with E-state index < -0.39 is 6.09 Å². The number of rotatable bonds is 4. The SMILES string of the molecule is Cc1nc2nc(C(C)C)cc(NCC3CC4CC3CN4C(=O)O)n2n1. The van der Waals surface area contributed by atoms with Gasteiger partial charge in [-0.1, -0.05) is 13.8 Å². The molecule has 1 aliphatic carbocycles. The Bertz CT molecular complexity index is 817. The van der Waals surface area contributed by atoms with Crippen molar-refractivity contribution >= 4 is 17.7 Å². The van der Waals surface area contributed by atoms with Gasteiger partial charge in [0.2, 0.25) is 0 Å². The van der Waals surface area contributed by atoms with Gasteiger partial charge in [-0.05, 0) is 37.5 Å². The Hall–Kier alpha value is -2.38. The molecule has 3 unspecified atom stereocenters. The Morgan fingerprint density at radius 3 is 2.84 bits per heavy atom. The zero-order valence-electron chi connectivity index (χ0n) is 14.8. The maximum atomic E-state index is 11.2. The van der Waals surface area contributed by atoms with E-state index >= 15 is 0 Å². The van der Waals surface area contributed by atoms with Gasteiger partial charge in [-0.25, -0.2) is 9.78 Å². The van der Waals surface area contributed by atoms with Crippen molar-refractivity contribution in [2.75, 3.05) is 18.4 Å². The molecule has 2 aromatic rings. The van der Waals surface area contributed by atoms with Crippen LogP contribution in [0.3, 0.4) is 0 Å². The molecule has 8 heteroatoms. The van der Waals surface area contributed by atoms with Crippen molar-refractivity contribution in [3.8, 4) is 0 Å². The van der Waals surface area contributed by atoms with E-state index in [0.29, 0.717) is 35.9 Å². The number of amides is 1. The second kappa shape index (κ2) is 5.86. The molecule has 1 saturated heterocycles. The number of anilines is 1. The van der Waals surface area contributed by atoms with E-state index in [4.69, 9.17) is 0 Å². The van der Waals surface area contributed by atoms with Crippen molar-refractivity contribution in [2.45, 2.75) is 45.6 Å². The fraction of sp³-hybridized carbons (Fsp3) is 0.647. The van der Waals surface area contributed by atoms with Crippen LogP contribution in [-0.4, -0.2) is 54.8 Å². The van der Waals surface area contributed by atoms with Gasteiger partial charge in [0.1, 0.15) is 11.6 Å². The molecular weight excluding hydrogens is 320 g/mol. The summed E-state index contributed by atoms with van der Waals surface area (Å²) >= 11 is 0. The summed E-state index contributed by atoms with van der Waals surface area (Å²) in [5.74, 6) is 3.50. The van der Waals surface area contributed by atoms with Crippen molar-refractivity contribution in [3.05, 3.63) is 17.6 Å². The molecule has 2 bridgehead atoms. The lowest BCUT2D eigenvalue weighted by Gasteiger charge is -2.29. The molecule has 3 heterocycles. The fourth-order valence-electron chi connectivity index (χ4n) is 4.19. The minimum atomic E-state index is -0.783. The van der Waals surface area contributed by atoms with Crippen LogP contribution in [0.1, 0.15) is 44.1 Å². The van der Waals surface area contributed by atoms with Gasteiger partial charge in [-0.3, -0.25) is 0 Å². The molecule has 0 spiro atoms. The Kier molecular flexibility index (Phi) is 3.77. The quantitative estimate of drug-likeness (QED) is 0.884. The van der Waals surface area contributed by atoms with Crippen LogP contribution in [0.25, 0.3) is 5.78 Å². The Balaban J connectivity index is 1.51. The van der Waals surface area contributed by atoms with Crippen LogP contribution in [0, 0.1) is 18.8 Å². The van der Waals surface area contributed by atoms with Gasteiger partial charge >= 0.3 is 6.09 Å². The van der Waals surface area contributed by atoms with E-state index in [1.165, 1.54) is 0 Å². The summed E-state index contributed by atoms with van der Waals surface area (Å²) in [4.78, 5) is 21.8. The summed E-state index contributed by atoms with van der Waals surface area (Å²) in [6, 6.07) is 2.23. The summed E-state index contributed by atoms with van der Waals surface area (Å²) in [6.07, 6.45) is 1.14. The van der Waals surface area contributed by atoms with Crippen LogP contribution >= 0.6 is 0 Å². The summed E-state index contributed by atoms with van der Waals surface area (Å²) < 4.78 is 1.76. The number of nitrogens with one attached hydrogen (secondary N) is 1.